The van der Waals surface area contributed by atoms with Gasteiger partial charge in [0.25, 0.3) is 5.91 Å². The fraction of sp³-hybridized carbons (Fsp3) is 0.556. The number of nitrogens with one attached hydrogen (secondary N) is 1. The van der Waals surface area contributed by atoms with Crippen molar-refractivity contribution >= 4 is 17.5 Å². The molecular weight excluding hydrogens is 218 g/mol. The van der Waals surface area contributed by atoms with Gasteiger partial charge in [-0.25, -0.2) is 0 Å². The summed E-state index contributed by atoms with van der Waals surface area (Å²) < 4.78 is 6.72. The summed E-state index contributed by atoms with van der Waals surface area (Å²) in [5, 5.41) is 6.63. The van der Waals surface area contributed by atoms with Crippen LogP contribution in [0.25, 0.3) is 0 Å². The van der Waals surface area contributed by atoms with Crippen LogP contribution in [0.3, 0.4) is 0 Å². The van der Waals surface area contributed by atoms with E-state index in [4.69, 9.17) is 16.3 Å². The summed E-state index contributed by atoms with van der Waals surface area (Å²) in [6.07, 6.45) is 1.72. The van der Waals surface area contributed by atoms with E-state index < -0.39 is 0 Å². The molecule has 2 unspecified atom stereocenters. The molecule has 1 aromatic heterocycles. The number of nitrogens with zero attached hydrogens (tertiary/aromatic N) is 2. The molecule has 1 fully saturated rings. The highest BCUT2D eigenvalue weighted by atomic mass is 35.5. The second-order valence-electron chi connectivity index (χ2n) is 3.51. The quantitative estimate of drug-likeness (QED) is 0.735. The summed E-state index contributed by atoms with van der Waals surface area (Å²) >= 11 is 5.95. The Bertz CT molecular complexity index is 366. The first-order valence-electron chi connectivity index (χ1n) is 4.69. The number of hydrogen-bond acceptors (Lipinski definition) is 3. The molecule has 82 valence electrons. The Hall–Kier alpha value is -1.07. The maximum Gasteiger partial charge on any atom is 0.272 e. The zero-order chi connectivity index (χ0) is 10.8. The van der Waals surface area contributed by atoms with E-state index in [0.29, 0.717) is 18.9 Å². The van der Waals surface area contributed by atoms with Gasteiger partial charge in [0.05, 0.1) is 24.6 Å². The van der Waals surface area contributed by atoms with Crippen LogP contribution in [0.5, 0.6) is 0 Å². The lowest BCUT2D eigenvalue weighted by Crippen LogP contribution is -2.40. The van der Waals surface area contributed by atoms with Crippen molar-refractivity contribution in [3.05, 3.63) is 18.0 Å². The number of rotatable bonds is 2. The predicted octanol–water partition coefficient (Wildman–Crippen LogP) is 0.156. The molecular formula is C9H12ClN3O2. The van der Waals surface area contributed by atoms with E-state index in [1.165, 1.54) is 0 Å². The van der Waals surface area contributed by atoms with Gasteiger partial charge in [0, 0.05) is 13.2 Å². The van der Waals surface area contributed by atoms with E-state index in [1.807, 2.05) is 0 Å². The Balaban J connectivity index is 1.97. The van der Waals surface area contributed by atoms with Crippen molar-refractivity contribution in [1.29, 1.82) is 0 Å². The van der Waals surface area contributed by atoms with Gasteiger partial charge in [-0.3, -0.25) is 9.48 Å². The summed E-state index contributed by atoms with van der Waals surface area (Å²) in [5.41, 5.74) is 0.397. The van der Waals surface area contributed by atoms with E-state index in [9.17, 15) is 4.79 Å². The van der Waals surface area contributed by atoms with Gasteiger partial charge >= 0.3 is 0 Å². The standard InChI is InChI=1S/C9H12ClN3O2/c1-13-3-2-7(12-13)9(14)11-8-5-15-4-6(8)10/h2-3,6,8H,4-5H2,1H3,(H,11,14). The number of aromatic nitrogens is 2. The van der Waals surface area contributed by atoms with Crippen molar-refractivity contribution in [2.75, 3.05) is 13.2 Å². The molecule has 1 saturated heterocycles. The number of hydrogen-bond donors (Lipinski definition) is 1. The molecule has 2 rings (SSSR count). The van der Waals surface area contributed by atoms with Crippen LogP contribution in [-0.2, 0) is 11.8 Å². The zero-order valence-electron chi connectivity index (χ0n) is 8.31. The Labute approximate surface area is 92.4 Å². The molecule has 1 aliphatic heterocycles. The zero-order valence-corrected chi connectivity index (χ0v) is 9.07. The van der Waals surface area contributed by atoms with Crippen LogP contribution in [-0.4, -0.2) is 40.3 Å². The van der Waals surface area contributed by atoms with Crippen LogP contribution in [0.4, 0.5) is 0 Å². The van der Waals surface area contributed by atoms with Gasteiger partial charge in [-0.05, 0) is 6.07 Å². The molecule has 5 nitrogen and oxygen atoms in total. The van der Waals surface area contributed by atoms with Crippen molar-refractivity contribution in [1.82, 2.24) is 15.1 Å². The van der Waals surface area contributed by atoms with Crippen molar-refractivity contribution in [3.8, 4) is 0 Å². The maximum absolute atomic E-state index is 11.7. The molecule has 1 amide bonds. The summed E-state index contributed by atoms with van der Waals surface area (Å²) in [5.74, 6) is -0.211. The molecule has 0 spiro atoms. The van der Waals surface area contributed by atoms with E-state index >= 15 is 0 Å². The largest absolute Gasteiger partial charge is 0.378 e. The topological polar surface area (TPSA) is 56.2 Å². The molecule has 1 N–H and O–H groups in total. The second kappa shape index (κ2) is 4.20. The Kier molecular flexibility index (Phi) is 2.93. The van der Waals surface area contributed by atoms with Crippen molar-refractivity contribution in [3.63, 3.8) is 0 Å². The van der Waals surface area contributed by atoms with Crippen molar-refractivity contribution < 1.29 is 9.53 Å². The first-order chi connectivity index (χ1) is 7.16. The highest BCUT2D eigenvalue weighted by Crippen LogP contribution is 2.12. The number of amides is 1. The minimum absolute atomic E-state index is 0.124. The number of aryl methyl sites for hydroxylation is 1. The molecule has 2 atom stereocenters. The third-order valence-electron chi connectivity index (χ3n) is 2.27. The van der Waals surface area contributed by atoms with Crippen molar-refractivity contribution in [2.24, 2.45) is 7.05 Å². The van der Waals surface area contributed by atoms with Crippen LogP contribution in [0.2, 0.25) is 0 Å². The maximum atomic E-state index is 11.7. The van der Waals surface area contributed by atoms with Crippen LogP contribution in [0, 0.1) is 0 Å². The van der Waals surface area contributed by atoms with E-state index in [0.717, 1.165) is 0 Å². The summed E-state index contributed by atoms with van der Waals surface area (Å²) in [6, 6.07) is 1.54. The highest BCUT2D eigenvalue weighted by molar-refractivity contribution is 6.21. The minimum Gasteiger partial charge on any atom is -0.378 e. The molecule has 0 bridgehead atoms. The van der Waals surface area contributed by atoms with Gasteiger partial charge < -0.3 is 10.1 Å². The number of carbonyl (C=O) groups is 1. The van der Waals surface area contributed by atoms with Crippen LogP contribution < -0.4 is 5.32 Å². The third-order valence-corrected chi connectivity index (χ3v) is 2.70. The van der Waals surface area contributed by atoms with Gasteiger partial charge in [-0.15, -0.1) is 11.6 Å². The molecule has 6 heteroatoms. The number of halogens is 1. The smallest absolute Gasteiger partial charge is 0.272 e. The molecule has 0 radical (unpaired) electrons. The average molecular weight is 230 g/mol. The first kappa shape index (κ1) is 10.4. The van der Waals surface area contributed by atoms with Crippen LogP contribution in [0.1, 0.15) is 10.5 Å². The van der Waals surface area contributed by atoms with Crippen molar-refractivity contribution in [2.45, 2.75) is 11.4 Å². The van der Waals surface area contributed by atoms with E-state index in [2.05, 4.69) is 10.4 Å². The average Bonchev–Trinajstić information content (AvgIpc) is 2.77. The molecule has 15 heavy (non-hydrogen) atoms. The Morgan fingerprint density at radius 2 is 2.53 bits per heavy atom. The summed E-state index contributed by atoms with van der Waals surface area (Å²) in [6.45, 7) is 0.946. The number of ether oxygens (including phenoxy) is 1. The van der Waals surface area contributed by atoms with Gasteiger partial charge in [0.2, 0.25) is 0 Å². The predicted molar refractivity (Wildman–Crippen MR) is 54.9 cm³/mol. The Morgan fingerprint density at radius 3 is 3.07 bits per heavy atom. The molecule has 0 saturated carbocycles. The first-order valence-corrected chi connectivity index (χ1v) is 5.13. The molecule has 0 aliphatic carbocycles. The fourth-order valence-corrected chi connectivity index (χ4v) is 1.66. The lowest BCUT2D eigenvalue weighted by Gasteiger charge is -2.12. The second-order valence-corrected chi connectivity index (χ2v) is 4.07. The molecule has 2 heterocycles. The minimum atomic E-state index is -0.211. The third kappa shape index (κ3) is 2.30. The van der Waals surface area contributed by atoms with Crippen LogP contribution >= 0.6 is 11.6 Å². The molecule has 1 aliphatic rings. The lowest BCUT2D eigenvalue weighted by atomic mass is 10.2. The fourth-order valence-electron chi connectivity index (χ4n) is 1.44. The monoisotopic (exact) mass is 229 g/mol. The highest BCUT2D eigenvalue weighted by Gasteiger charge is 2.28. The van der Waals surface area contributed by atoms with Gasteiger partial charge in [0.15, 0.2) is 0 Å². The van der Waals surface area contributed by atoms with E-state index in [-0.39, 0.29) is 17.3 Å². The molecule has 0 aromatic carbocycles. The number of alkyl halides is 1. The Morgan fingerprint density at radius 1 is 1.73 bits per heavy atom. The SMILES string of the molecule is Cn1ccc(C(=O)NC2COCC2Cl)n1. The molecule has 1 aromatic rings. The van der Waals surface area contributed by atoms with Gasteiger partial charge in [0.1, 0.15) is 5.69 Å². The summed E-state index contributed by atoms with van der Waals surface area (Å²) in [4.78, 5) is 11.7. The van der Waals surface area contributed by atoms with Gasteiger partial charge in [-0.2, -0.15) is 5.10 Å². The van der Waals surface area contributed by atoms with E-state index in [1.54, 1.807) is 24.0 Å². The normalized spacial score (nSPS) is 25.5. The van der Waals surface area contributed by atoms with Gasteiger partial charge in [-0.1, -0.05) is 0 Å². The van der Waals surface area contributed by atoms with Crippen LogP contribution in [0.15, 0.2) is 12.3 Å². The lowest BCUT2D eigenvalue weighted by molar-refractivity contribution is 0.0924. The summed E-state index contributed by atoms with van der Waals surface area (Å²) in [7, 11) is 1.76. The number of carbonyl (C=O) groups excluding carboxylic acids is 1.